The Labute approximate surface area is 233 Å². The summed E-state index contributed by atoms with van der Waals surface area (Å²) >= 11 is 1.83. The number of rotatable bonds is 28. The molecule has 4 atom stereocenters. The van der Waals surface area contributed by atoms with Gasteiger partial charge in [-0.2, -0.15) is 11.8 Å². The average molecular weight is 566 g/mol. The Morgan fingerprint density at radius 1 is 0.811 bits per heavy atom. The van der Waals surface area contributed by atoms with Gasteiger partial charge in [0.05, 0.1) is 6.10 Å². The highest BCUT2D eigenvalue weighted by atomic mass is 32.2. The van der Waals surface area contributed by atoms with E-state index in [4.69, 9.17) is 9.26 Å². The number of unbranched alkanes of at least 4 members (excludes halogenated alkanes) is 14. The van der Waals surface area contributed by atoms with Gasteiger partial charge in [-0.1, -0.05) is 117 Å². The third-order valence-electron chi connectivity index (χ3n) is 6.83. The van der Waals surface area contributed by atoms with Gasteiger partial charge in [-0.05, 0) is 36.5 Å². The van der Waals surface area contributed by atoms with Crippen LogP contribution in [0.5, 0.6) is 0 Å². The quantitative estimate of drug-likeness (QED) is 0.0721. The minimum atomic E-state index is -2.71. The van der Waals surface area contributed by atoms with Crippen molar-refractivity contribution in [3.8, 4) is 0 Å². The zero-order chi connectivity index (χ0) is 27.8. The molecule has 0 aliphatic rings. The SMILES string of the molecule is CCCCCCCCCCCCSC(CCCCCCCC)C(C)OC(CO)(C(=O)O)[P+](=O)OCCC. The summed E-state index contributed by atoms with van der Waals surface area (Å²) in [6, 6.07) is 0. The van der Waals surface area contributed by atoms with E-state index in [1.165, 1.54) is 83.5 Å². The van der Waals surface area contributed by atoms with Gasteiger partial charge in [0.2, 0.25) is 0 Å². The van der Waals surface area contributed by atoms with Crippen LogP contribution in [0, 0.1) is 0 Å². The monoisotopic (exact) mass is 565 g/mol. The lowest BCUT2D eigenvalue weighted by Gasteiger charge is -2.28. The zero-order valence-corrected chi connectivity index (χ0v) is 26.1. The van der Waals surface area contributed by atoms with E-state index in [1.807, 2.05) is 25.6 Å². The van der Waals surface area contributed by atoms with Crippen molar-refractivity contribution in [2.24, 2.45) is 0 Å². The summed E-state index contributed by atoms with van der Waals surface area (Å²) in [6.07, 6.45) is 21.2. The van der Waals surface area contributed by atoms with Gasteiger partial charge in [0, 0.05) is 5.25 Å². The number of aliphatic hydroxyl groups is 1. The number of carbonyl (C=O) groups is 1. The Hall–Kier alpha value is -0.200. The molecule has 0 saturated heterocycles. The van der Waals surface area contributed by atoms with Crippen LogP contribution in [0.2, 0.25) is 0 Å². The second-order valence-corrected chi connectivity index (χ2v) is 13.2. The summed E-state index contributed by atoms with van der Waals surface area (Å²) in [5.41, 5.74) is 0. The fourth-order valence-electron chi connectivity index (χ4n) is 4.40. The minimum absolute atomic E-state index is 0.0876. The van der Waals surface area contributed by atoms with Crippen LogP contribution in [-0.4, -0.2) is 51.8 Å². The highest BCUT2D eigenvalue weighted by Gasteiger charge is 2.62. The summed E-state index contributed by atoms with van der Waals surface area (Å²) in [5.74, 6) is -0.431. The first kappa shape index (κ1) is 36.8. The largest absolute Gasteiger partial charge is 0.559 e. The first-order chi connectivity index (χ1) is 17.9. The topological polar surface area (TPSA) is 93.1 Å². The van der Waals surface area contributed by atoms with Crippen LogP contribution in [0.4, 0.5) is 0 Å². The molecule has 0 aromatic rings. The molecular formula is C29H58O6PS+. The van der Waals surface area contributed by atoms with E-state index in [0.29, 0.717) is 6.42 Å². The Morgan fingerprint density at radius 2 is 1.30 bits per heavy atom. The first-order valence-corrected chi connectivity index (χ1v) is 17.4. The second kappa shape index (κ2) is 24.8. The fourth-order valence-corrected chi connectivity index (χ4v) is 6.81. The third-order valence-corrected chi connectivity index (χ3v) is 9.85. The molecule has 8 heteroatoms. The summed E-state index contributed by atoms with van der Waals surface area (Å²) < 4.78 is 23.9. The summed E-state index contributed by atoms with van der Waals surface area (Å²) in [6.45, 7) is 7.46. The molecule has 0 aromatic carbocycles. The van der Waals surface area contributed by atoms with Crippen LogP contribution in [0.25, 0.3) is 0 Å². The highest BCUT2D eigenvalue weighted by molar-refractivity contribution is 7.99. The van der Waals surface area contributed by atoms with E-state index in [2.05, 4.69) is 13.8 Å². The van der Waals surface area contributed by atoms with E-state index in [1.54, 1.807) is 0 Å². The van der Waals surface area contributed by atoms with E-state index in [0.717, 1.165) is 31.4 Å². The van der Waals surface area contributed by atoms with E-state index in [-0.39, 0.29) is 11.9 Å². The van der Waals surface area contributed by atoms with Crippen LogP contribution in [0.3, 0.4) is 0 Å². The molecular weight excluding hydrogens is 507 g/mol. The molecule has 0 radical (unpaired) electrons. The van der Waals surface area contributed by atoms with Gasteiger partial charge < -0.3 is 14.9 Å². The lowest BCUT2D eigenvalue weighted by Crippen LogP contribution is -2.46. The molecule has 4 unspecified atom stereocenters. The number of ether oxygens (including phenoxy) is 1. The molecule has 0 heterocycles. The van der Waals surface area contributed by atoms with Crippen LogP contribution in [0.1, 0.15) is 143 Å². The van der Waals surface area contributed by atoms with Crippen molar-refractivity contribution in [1.82, 2.24) is 0 Å². The summed E-state index contributed by atoms with van der Waals surface area (Å²) in [7, 11) is -2.71. The number of aliphatic hydroxyl groups excluding tert-OH is 1. The van der Waals surface area contributed by atoms with Crippen molar-refractivity contribution in [2.45, 2.75) is 160 Å². The van der Waals surface area contributed by atoms with E-state index < -0.39 is 32.1 Å². The maximum atomic E-state index is 12.7. The lowest BCUT2D eigenvalue weighted by molar-refractivity contribution is -0.164. The lowest BCUT2D eigenvalue weighted by atomic mass is 10.1. The van der Waals surface area contributed by atoms with Crippen molar-refractivity contribution < 1.29 is 28.8 Å². The van der Waals surface area contributed by atoms with Crippen molar-refractivity contribution in [1.29, 1.82) is 0 Å². The molecule has 0 rings (SSSR count). The maximum Gasteiger partial charge on any atom is 0.559 e. The fraction of sp³-hybridized carbons (Fsp3) is 0.966. The van der Waals surface area contributed by atoms with Gasteiger partial charge >= 0.3 is 19.3 Å². The van der Waals surface area contributed by atoms with Crippen LogP contribution in [-0.2, 0) is 18.6 Å². The standard InChI is InChI=1S/C29H57O6PS/c1-5-8-10-12-14-15-16-17-19-21-24-37-27(22-20-18-13-11-9-6-2)26(4)35-29(25-30,28(31)32)36(33)34-23-7-3/h26-27,30H,5-25H2,1-4H3/p+1. The van der Waals surface area contributed by atoms with Gasteiger partial charge in [-0.3, -0.25) is 0 Å². The normalized spacial score (nSPS) is 15.3. The molecule has 220 valence electrons. The van der Waals surface area contributed by atoms with Gasteiger partial charge in [0.15, 0.2) is 0 Å². The molecule has 0 aromatic heterocycles. The van der Waals surface area contributed by atoms with E-state index >= 15 is 0 Å². The summed E-state index contributed by atoms with van der Waals surface area (Å²) in [5, 5.41) is 17.7. The molecule has 0 bridgehead atoms. The Kier molecular flexibility index (Phi) is 24.7. The number of thioether (sulfide) groups is 1. The molecule has 0 amide bonds. The molecule has 6 nitrogen and oxygen atoms in total. The first-order valence-electron chi connectivity index (χ1n) is 15.1. The van der Waals surface area contributed by atoms with Crippen LogP contribution in [0.15, 0.2) is 0 Å². The highest BCUT2D eigenvalue weighted by Crippen LogP contribution is 2.43. The Morgan fingerprint density at radius 3 is 1.76 bits per heavy atom. The third kappa shape index (κ3) is 17.2. The number of carboxylic acids is 1. The summed E-state index contributed by atoms with van der Waals surface area (Å²) in [4.78, 5) is 12.1. The predicted molar refractivity (Wildman–Crippen MR) is 158 cm³/mol. The van der Waals surface area contributed by atoms with Gasteiger partial charge in [0.1, 0.15) is 13.2 Å². The number of hydrogen-bond donors (Lipinski definition) is 2. The van der Waals surface area contributed by atoms with Crippen molar-refractivity contribution in [3.05, 3.63) is 0 Å². The predicted octanol–water partition coefficient (Wildman–Crippen LogP) is 9.11. The van der Waals surface area contributed by atoms with Crippen molar-refractivity contribution in [2.75, 3.05) is 19.0 Å². The molecule has 0 aliphatic carbocycles. The van der Waals surface area contributed by atoms with Crippen molar-refractivity contribution >= 4 is 25.8 Å². The van der Waals surface area contributed by atoms with Gasteiger partial charge in [0.25, 0.3) is 0 Å². The average Bonchev–Trinajstić information content (AvgIpc) is 2.89. The number of hydrogen-bond acceptors (Lipinski definition) is 6. The minimum Gasteiger partial charge on any atom is -0.476 e. The molecule has 0 fully saturated rings. The Bertz CT molecular complexity index is 565. The van der Waals surface area contributed by atoms with Crippen LogP contribution < -0.4 is 0 Å². The smallest absolute Gasteiger partial charge is 0.476 e. The second-order valence-electron chi connectivity index (χ2n) is 10.3. The number of carboxylic acid groups (broad SMARTS) is 1. The van der Waals surface area contributed by atoms with Crippen molar-refractivity contribution in [3.63, 3.8) is 0 Å². The molecule has 0 aliphatic heterocycles. The van der Waals surface area contributed by atoms with Gasteiger partial charge in [-0.25, -0.2) is 4.79 Å². The molecule has 0 saturated carbocycles. The Balaban J connectivity index is 4.81. The maximum absolute atomic E-state index is 12.7. The van der Waals surface area contributed by atoms with Gasteiger partial charge in [-0.15, -0.1) is 4.52 Å². The molecule has 37 heavy (non-hydrogen) atoms. The van der Waals surface area contributed by atoms with E-state index in [9.17, 15) is 19.6 Å². The molecule has 2 N–H and O–H groups in total. The zero-order valence-electron chi connectivity index (χ0n) is 24.4. The number of aliphatic carboxylic acids is 1. The van der Waals surface area contributed by atoms with Crippen LogP contribution >= 0.6 is 19.8 Å². The molecule has 0 spiro atoms.